The first-order valence-corrected chi connectivity index (χ1v) is 6.41. The minimum absolute atomic E-state index is 0.116. The molecule has 94 valence electrons. The Morgan fingerprint density at radius 1 is 1.19 bits per heavy atom. The quantitative estimate of drug-likeness (QED) is 0.763. The summed E-state index contributed by atoms with van der Waals surface area (Å²) in [4.78, 5) is 13.8. The molecule has 1 atom stereocenters. The van der Waals surface area contributed by atoms with Crippen LogP contribution in [0, 0.1) is 5.92 Å². The summed E-state index contributed by atoms with van der Waals surface area (Å²) in [7, 11) is 1.94. The summed E-state index contributed by atoms with van der Waals surface area (Å²) in [5.41, 5.74) is 0. The third kappa shape index (κ3) is 4.84. The molecule has 1 heterocycles. The Kier molecular flexibility index (Phi) is 6.23. The molecule has 1 aliphatic rings. The molecule has 1 fully saturated rings. The van der Waals surface area contributed by atoms with Crippen molar-refractivity contribution in [3.63, 3.8) is 0 Å². The molecule has 0 radical (unpaired) electrons. The number of likely N-dealkylation sites (tertiary alicyclic amines) is 1. The second-order valence-corrected chi connectivity index (χ2v) is 4.75. The van der Waals surface area contributed by atoms with Crippen LogP contribution in [0.4, 0.5) is 4.79 Å². The Morgan fingerprint density at radius 3 is 2.38 bits per heavy atom. The van der Waals surface area contributed by atoms with E-state index in [-0.39, 0.29) is 6.03 Å². The van der Waals surface area contributed by atoms with Gasteiger partial charge in [0.05, 0.1) is 0 Å². The van der Waals surface area contributed by atoms with Crippen molar-refractivity contribution in [1.82, 2.24) is 15.5 Å². The first-order chi connectivity index (χ1) is 7.74. The van der Waals surface area contributed by atoms with E-state index in [9.17, 15) is 4.79 Å². The number of nitrogens with zero attached hydrogens (tertiary/aromatic N) is 1. The molecule has 0 saturated carbocycles. The molecule has 1 rings (SSSR count). The number of amides is 2. The van der Waals surface area contributed by atoms with Gasteiger partial charge in [0.2, 0.25) is 0 Å². The number of hydrogen-bond donors (Lipinski definition) is 2. The lowest BCUT2D eigenvalue weighted by atomic mass is 10.2. The summed E-state index contributed by atoms with van der Waals surface area (Å²) in [6.07, 6.45) is 4.83. The third-order valence-corrected chi connectivity index (χ3v) is 3.05. The van der Waals surface area contributed by atoms with Crippen molar-refractivity contribution in [3.8, 4) is 0 Å². The molecule has 1 aliphatic heterocycles. The van der Waals surface area contributed by atoms with Crippen LogP contribution in [-0.2, 0) is 0 Å². The van der Waals surface area contributed by atoms with E-state index in [2.05, 4.69) is 17.6 Å². The number of nitrogens with one attached hydrogen (secondary N) is 2. The molecule has 0 aromatic heterocycles. The van der Waals surface area contributed by atoms with Gasteiger partial charge in [-0.3, -0.25) is 0 Å². The molecule has 4 heteroatoms. The average Bonchev–Trinajstić information content (AvgIpc) is 2.55. The topological polar surface area (TPSA) is 44.4 Å². The Hall–Kier alpha value is -0.770. The molecular formula is C12H25N3O. The van der Waals surface area contributed by atoms with Crippen molar-refractivity contribution in [2.75, 3.05) is 33.2 Å². The summed E-state index contributed by atoms with van der Waals surface area (Å²) in [5, 5.41) is 6.13. The van der Waals surface area contributed by atoms with Gasteiger partial charge in [0.1, 0.15) is 0 Å². The maximum absolute atomic E-state index is 11.9. The SMILES string of the molecule is CNCC(C)CNC(=O)N1CCCCCC1. The Morgan fingerprint density at radius 2 is 1.81 bits per heavy atom. The summed E-state index contributed by atoms with van der Waals surface area (Å²) in [6.45, 7) is 5.69. The maximum atomic E-state index is 11.9. The Labute approximate surface area is 98.8 Å². The fourth-order valence-corrected chi connectivity index (χ4v) is 2.07. The van der Waals surface area contributed by atoms with Crippen LogP contribution in [-0.4, -0.2) is 44.2 Å². The molecule has 4 nitrogen and oxygen atoms in total. The first-order valence-electron chi connectivity index (χ1n) is 6.41. The summed E-state index contributed by atoms with van der Waals surface area (Å²) >= 11 is 0. The van der Waals surface area contributed by atoms with E-state index >= 15 is 0 Å². The Balaban J connectivity index is 2.22. The smallest absolute Gasteiger partial charge is 0.317 e. The average molecular weight is 227 g/mol. The second-order valence-electron chi connectivity index (χ2n) is 4.75. The van der Waals surface area contributed by atoms with Crippen molar-refractivity contribution >= 4 is 6.03 Å². The van der Waals surface area contributed by atoms with Gasteiger partial charge in [-0.15, -0.1) is 0 Å². The molecule has 1 saturated heterocycles. The normalized spacial score (nSPS) is 19.0. The first kappa shape index (κ1) is 13.3. The summed E-state index contributed by atoms with van der Waals surface area (Å²) in [5.74, 6) is 0.487. The van der Waals surface area contributed by atoms with Crippen LogP contribution in [0.1, 0.15) is 32.6 Å². The van der Waals surface area contributed by atoms with Gasteiger partial charge in [-0.1, -0.05) is 19.8 Å². The molecule has 16 heavy (non-hydrogen) atoms. The zero-order chi connectivity index (χ0) is 11.8. The van der Waals surface area contributed by atoms with Gasteiger partial charge in [0, 0.05) is 19.6 Å². The fourth-order valence-electron chi connectivity index (χ4n) is 2.07. The van der Waals surface area contributed by atoms with Gasteiger partial charge in [-0.2, -0.15) is 0 Å². The van der Waals surface area contributed by atoms with Crippen LogP contribution in [0.5, 0.6) is 0 Å². The standard InChI is InChI=1S/C12H25N3O/c1-11(9-13-2)10-14-12(16)15-7-5-3-4-6-8-15/h11,13H,3-10H2,1-2H3,(H,14,16). The van der Waals surface area contributed by atoms with E-state index in [0.717, 1.165) is 39.0 Å². The molecule has 2 N–H and O–H groups in total. The molecular weight excluding hydrogens is 202 g/mol. The predicted molar refractivity (Wildman–Crippen MR) is 66.5 cm³/mol. The van der Waals surface area contributed by atoms with Gasteiger partial charge in [0.15, 0.2) is 0 Å². The molecule has 0 aromatic rings. The van der Waals surface area contributed by atoms with Gasteiger partial charge in [-0.25, -0.2) is 4.79 Å². The monoisotopic (exact) mass is 227 g/mol. The van der Waals surface area contributed by atoms with E-state index in [1.54, 1.807) is 0 Å². The number of hydrogen-bond acceptors (Lipinski definition) is 2. The highest BCUT2D eigenvalue weighted by Gasteiger charge is 2.15. The lowest BCUT2D eigenvalue weighted by Crippen LogP contribution is -2.42. The van der Waals surface area contributed by atoms with Gasteiger partial charge < -0.3 is 15.5 Å². The molecule has 0 aliphatic carbocycles. The van der Waals surface area contributed by atoms with Crippen LogP contribution in [0.15, 0.2) is 0 Å². The van der Waals surface area contributed by atoms with Gasteiger partial charge >= 0.3 is 6.03 Å². The lowest BCUT2D eigenvalue weighted by molar-refractivity contribution is 0.198. The highest BCUT2D eigenvalue weighted by molar-refractivity contribution is 5.74. The van der Waals surface area contributed by atoms with Crippen LogP contribution in [0.2, 0.25) is 0 Å². The van der Waals surface area contributed by atoms with Crippen molar-refractivity contribution in [2.24, 2.45) is 5.92 Å². The number of urea groups is 1. The highest BCUT2D eigenvalue weighted by atomic mass is 16.2. The summed E-state index contributed by atoms with van der Waals surface area (Å²) in [6, 6.07) is 0.116. The van der Waals surface area contributed by atoms with Crippen LogP contribution >= 0.6 is 0 Å². The number of carbonyl (C=O) groups excluding carboxylic acids is 1. The minimum atomic E-state index is 0.116. The van der Waals surface area contributed by atoms with E-state index in [0.29, 0.717) is 5.92 Å². The van der Waals surface area contributed by atoms with Crippen molar-refractivity contribution in [1.29, 1.82) is 0 Å². The van der Waals surface area contributed by atoms with Crippen LogP contribution in [0.3, 0.4) is 0 Å². The highest BCUT2D eigenvalue weighted by Crippen LogP contribution is 2.09. The third-order valence-electron chi connectivity index (χ3n) is 3.05. The van der Waals surface area contributed by atoms with E-state index in [1.165, 1.54) is 12.8 Å². The predicted octanol–water partition coefficient (Wildman–Crippen LogP) is 1.43. The van der Waals surface area contributed by atoms with Gasteiger partial charge in [0.25, 0.3) is 0 Å². The fraction of sp³-hybridized carbons (Fsp3) is 0.917. The number of rotatable bonds is 4. The zero-order valence-corrected chi connectivity index (χ0v) is 10.6. The molecule has 0 bridgehead atoms. The molecule has 0 spiro atoms. The zero-order valence-electron chi connectivity index (χ0n) is 10.6. The molecule has 1 unspecified atom stereocenters. The van der Waals surface area contributed by atoms with Crippen molar-refractivity contribution < 1.29 is 4.79 Å². The van der Waals surface area contributed by atoms with E-state index < -0.39 is 0 Å². The lowest BCUT2D eigenvalue weighted by Gasteiger charge is -2.22. The molecule has 2 amide bonds. The number of carbonyl (C=O) groups is 1. The minimum Gasteiger partial charge on any atom is -0.338 e. The van der Waals surface area contributed by atoms with Crippen LogP contribution < -0.4 is 10.6 Å². The second kappa shape index (κ2) is 7.49. The van der Waals surface area contributed by atoms with E-state index in [1.807, 2.05) is 11.9 Å². The largest absolute Gasteiger partial charge is 0.338 e. The van der Waals surface area contributed by atoms with Crippen molar-refractivity contribution in [3.05, 3.63) is 0 Å². The maximum Gasteiger partial charge on any atom is 0.317 e. The van der Waals surface area contributed by atoms with Crippen molar-refractivity contribution in [2.45, 2.75) is 32.6 Å². The van der Waals surface area contributed by atoms with E-state index in [4.69, 9.17) is 0 Å². The summed E-state index contributed by atoms with van der Waals surface area (Å²) < 4.78 is 0. The Bertz CT molecular complexity index is 200. The van der Waals surface area contributed by atoms with Crippen LogP contribution in [0.25, 0.3) is 0 Å². The van der Waals surface area contributed by atoms with Gasteiger partial charge in [-0.05, 0) is 32.4 Å². The molecule has 0 aromatic carbocycles.